The Hall–Kier alpha value is -1.63. The first-order chi connectivity index (χ1) is 6.75. The number of nitrogens with zero attached hydrogens (tertiary/aromatic N) is 3. The highest BCUT2D eigenvalue weighted by atomic mass is 32.1. The Bertz CT molecular complexity index is 419. The van der Waals surface area contributed by atoms with Crippen LogP contribution >= 0.6 is 11.3 Å². The normalized spacial score (nSPS) is 10.4. The van der Waals surface area contributed by atoms with Gasteiger partial charge in [0.05, 0.1) is 17.7 Å². The summed E-state index contributed by atoms with van der Waals surface area (Å²) in [5.41, 5.74) is 8.23. The third-order valence-corrected chi connectivity index (χ3v) is 2.69. The second kappa shape index (κ2) is 3.62. The number of aryl methyl sites for hydroxylation is 1. The highest BCUT2D eigenvalue weighted by Crippen LogP contribution is 2.13. The Kier molecular flexibility index (Phi) is 2.32. The Morgan fingerprint density at radius 3 is 3.07 bits per heavy atom. The number of nitrogen functional groups attached to an aromatic ring is 1. The van der Waals surface area contributed by atoms with E-state index in [1.54, 1.807) is 11.3 Å². The predicted octanol–water partition coefficient (Wildman–Crippen LogP) is 0.764. The molecular formula is C7H10N6S. The van der Waals surface area contributed by atoms with Gasteiger partial charge in [-0.15, -0.1) is 16.4 Å². The van der Waals surface area contributed by atoms with Gasteiger partial charge in [0.2, 0.25) is 11.9 Å². The summed E-state index contributed by atoms with van der Waals surface area (Å²) in [5, 5.41) is 9.46. The molecule has 0 atom stereocenters. The summed E-state index contributed by atoms with van der Waals surface area (Å²) in [6.45, 7) is 2.65. The van der Waals surface area contributed by atoms with E-state index in [-0.39, 0.29) is 0 Å². The number of H-pyrrole nitrogens is 1. The first-order valence-corrected chi connectivity index (χ1v) is 4.94. The molecule has 4 N–H and O–H groups in total. The Labute approximate surface area is 84.6 Å². The van der Waals surface area contributed by atoms with Crippen LogP contribution in [0.25, 0.3) is 0 Å². The lowest BCUT2D eigenvalue weighted by atomic mass is 10.4. The zero-order valence-electron chi connectivity index (χ0n) is 7.61. The molecule has 2 aromatic rings. The Morgan fingerprint density at radius 2 is 2.50 bits per heavy atom. The average Bonchev–Trinajstić information content (AvgIpc) is 2.72. The fourth-order valence-corrected chi connectivity index (χ4v) is 1.73. The molecule has 74 valence electrons. The quantitative estimate of drug-likeness (QED) is 0.695. The number of hydrogen-bond donors (Lipinski definition) is 3. The fourth-order valence-electron chi connectivity index (χ4n) is 1.01. The third kappa shape index (κ3) is 1.82. The standard InChI is InChI=1S/C7H10N6S/c1-4-5(14-3-10-4)2-9-7-11-6(8)12-13-7/h3H,2H2,1H3,(H4,8,9,11,12,13). The minimum Gasteiger partial charge on any atom is -0.368 e. The van der Waals surface area contributed by atoms with E-state index in [1.807, 2.05) is 12.4 Å². The van der Waals surface area contributed by atoms with E-state index >= 15 is 0 Å². The molecule has 7 heteroatoms. The summed E-state index contributed by atoms with van der Waals surface area (Å²) in [6, 6.07) is 0. The zero-order valence-corrected chi connectivity index (χ0v) is 8.43. The van der Waals surface area contributed by atoms with E-state index in [2.05, 4.69) is 25.5 Å². The number of nitrogens with one attached hydrogen (secondary N) is 2. The summed E-state index contributed by atoms with van der Waals surface area (Å²) in [7, 11) is 0. The number of nitrogens with two attached hydrogens (primary N) is 1. The van der Waals surface area contributed by atoms with Gasteiger partial charge in [0.1, 0.15) is 0 Å². The molecule has 0 aromatic carbocycles. The van der Waals surface area contributed by atoms with Crippen molar-refractivity contribution in [2.24, 2.45) is 0 Å². The number of thiazole rings is 1. The first-order valence-electron chi connectivity index (χ1n) is 4.06. The SMILES string of the molecule is Cc1ncsc1CNc1n[nH]c(N)n1. The summed E-state index contributed by atoms with van der Waals surface area (Å²) < 4.78 is 0. The molecule has 6 nitrogen and oxygen atoms in total. The smallest absolute Gasteiger partial charge is 0.243 e. The molecule has 0 saturated carbocycles. The number of aromatic nitrogens is 4. The van der Waals surface area contributed by atoms with Crippen LogP contribution in [0.5, 0.6) is 0 Å². The van der Waals surface area contributed by atoms with Crippen molar-refractivity contribution < 1.29 is 0 Å². The van der Waals surface area contributed by atoms with Crippen LogP contribution in [-0.4, -0.2) is 20.2 Å². The molecule has 0 saturated heterocycles. The van der Waals surface area contributed by atoms with Gasteiger partial charge in [-0.3, -0.25) is 0 Å². The molecule has 2 aromatic heterocycles. The lowest BCUT2D eigenvalue weighted by Gasteiger charge is -1.98. The lowest BCUT2D eigenvalue weighted by Crippen LogP contribution is -2.00. The zero-order chi connectivity index (χ0) is 9.97. The molecular weight excluding hydrogens is 200 g/mol. The Morgan fingerprint density at radius 1 is 1.64 bits per heavy atom. The summed E-state index contributed by atoms with van der Waals surface area (Å²) in [6.07, 6.45) is 0. The molecule has 0 aliphatic rings. The largest absolute Gasteiger partial charge is 0.368 e. The van der Waals surface area contributed by atoms with Crippen LogP contribution in [0.4, 0.5) is 11.9 Å². The van der Waals surface area contributed by atoms with Crippen molar-refractivity contribution in [1.29, 1.82) is 0 Å². The maximum atomic E-state index is 5.38. The number of anilines is 2. The van der Waals surface area contributed by atoms with Crippen LogP contribution in [0, 0.1) is 6.92 Å². The maximum Gasteiger partial charge on any atom is 0.243 e. The van der Waals surface area contributed by atoms with Crippen molar-refractivity contribution in [3.63, 3.8) is 0 Å². The molecule has 0 radical (unpaired) electrons. The topological polar surface area (TPSA) is 92.5 Å². The summed E-state index contributed by atoms with van der Waals surface area (Å²) in [5.74, 6) is 0.823. The van der Waals surface area contributed by atoms with Crippen LogP contribution < -0.4 is 11.1 Å². The van der Waals surface area contributed by atoms with Crippen LogP contribution in [0.1, 0.15) is 10.6 Å². The minimum atomic E-state index is 0.313. The van der Waals surface area contributed by atoms with Gasteiger partial charge in [0.15, 0.2) is 0 Å². The molecule has 0 aliphatic carbocycles. The summed E-state index contributed by atoms with van der Waals surface area (Å²) >= 11 is 1.60. The number of rotatable bonds is 3. The van der Waals surface area contributed by atoms with E-state index in [0.717, 1.165) is 5.69 Å². The molecule has 0 amide bonds. The maximum absolute atomic E-state index is 5.38. The molecule has 2 heterocycles. The van der Waals surface area contributed by atoms with Gasteiger partial charge in [-0.05, 0) is 6.92 Å². The summed E-state index contributed by atoms with van der Waals surface area (Å²) in [4.78, 5) is 9.24. The molecule has 0 spiro atoms. The van der Waals surface area contributed by atoms with Crippen molar-refractivity contribution in [2.75, 3.05) is 11.1 Å². The van der Waals surface area contributed by atoms with Crippen molar-refractivity contribution >= 4 is 23.2 Å². The highest BCUT2D eigenvalue weighted by molar-refractivity contribution is 7.09. The molecule has 0 aliphatic heterocycles. The molecule has 0 fully saturated rings. The molecule has 14 heavy (non-hydrogen) atoms. The van der Waals surface area contributed by atoms with Crippen LogP contribution in [0.3, 0.4) is 0 Å². The van der Waals surface area contributed by atoms with Crippen molar-refractivity contribution in [3.8, 4) is 0 Å². The molecule has 0 unspecified atom stereocenters. The Balaban J connectivity index is 1.98. The van der Waals surface area contributed by atoms with E-state index in [9.17, 15) is 0 Å². The second-order valence-electron chi connectivity index (χ2n) is 2.76. The highest BCUT2D eigenvalue weighted by Gasteiger charge is 2.03. The van der Waals surface area contributed by atoms with Crippen LogP contribution in [-0.2, 0) is 6.54 Å². The first kappa shape index (κ1) is 8.95. The van der Waals surface area contributed by atoms with E-state index in [4.69, 9.17) is 5.73 Å². The van der Waals surface area contributed by atoms with Gasteiger partial charge >= 0.3 is 0 Å². The van der Waals surface area contributed by atoms with Gasteiger partial charge in [0, 0.05) is 4.88 Å². The van der Waals surface area contributed by atoms with E-state index in [1.165, 1.54) is 4.88 Å². The average molecular weight is 210 g/mol. The predicted molar refractivity (Wildman–Crippen MR) is 55.0 cm³/mol. The van der Waals surface area contributed by atoms with Crippen LogP contribution in [0.2, 0.25) is 0 Å². The van der Waals surface area contributed by atoms with Crippen molar-refractivity contribution in [1.82, 2.24) is 20.2 Å². The van der Waals surface area contributed by atoms with Crippen molar-refractivity contribution in [3.05, 3.63) is 16.1 Å². The van der Waals surface area contributed by atoms with Crippen LogP contribution in [0.15, 0.2) is 5.51 Å². The van der Waals surface area contributed by atoms with Crippen molar-refractivity contribution in [2.45, 2.75) is 13.5 Å². The van der Waals surface area contributed by atoms with E-state index in [0.29, 0.717) is 18.4 Å². The lowest BCUT2D eigenvalue weighted by molar-refractivity contribution is 1.04. The van der Waals surface area contributed by atoms with Gasteiger partial charge in [0.25, 0.3) is 0 Å². The monoisotopic (exact) mass is 210 g/mol. The minimum absolute atomic E-state index is 0.313. The van der Waals surface area contributed by atoms with E-state index < -0.39 is 0 Å². The fraction of sp³-hybridized carbons (Fsp3) is 0.286. The van der Waals surface area contributed by atoms with Gasteiger partial charge in [-0.25, -0.2) is 10.1 Å². The number of aromatic amines is 1. The number of hydrogen-bond acceptors (Lipinski definition) is 6. The third-order valence-electron chi connectivity index (χ3n) is 1.75. The van der Waals surface area contributed by atoms with Gasteiger partial charge in [-0.1, -0.05) is 0 Å². The van der Waals surface area contributed by atoms with Gasteiger partial charge in [-0.2, -0.15) is 4.98 Å². The van der Waals surface area contributed by atoms with Gasteiger partial charge < -0.3 is 11.1 Å². The molecule has 2 rings (SSSR count). The molecule has 0 bridgehead atoms. The second-order valence-corrected chi connectivity index (χ2v) is 3.70.